The first-order chi connectivity index (χ1) is 8.88. The molecule has 0 atom stereocenters. The third kappa shape index (κ3) is 2.98. The lowest BCUT2D eigenvalue weighted by Crippen LogP contribution is -2.00. The van der Waals surface area contributed by atoms with Crippen molar-refractivity contribution in [3.8, 4) is 0 Å². The molecule has 19 heavy (non-hydrogen) atoms. The number of hydrogen-bond donors (Lipinski definition) is 2. The Bertz CT molecular complexity index is 624. The summed E-state index contributed by atoms with van der Waals surface area (Å²) in [6, 6.07) is 5.46. The van der Waals surface area contributed by atoms with E-state index < -0.39 is 11.6 Å². The van der Waals surface area contributed by atoms with Gasteiger partial charge in [-0.2, -0.15) is 0 Å². The Morgan fingerprint density at radius 2 is 1.74 bits per heavy atom. The van der Waals surface area contributed by atoms with Gasteiger partial charge in [-0.25, -0.2) is 8.78 Å². The number of hydrogen-bond acceptors (Lipinski definition) is 2. The van der Waals surface area contributed by atoms with Crippen molar-refractivity contribution in [2.75, 3.05) is 11.1 Å². The maximum atomic E-state index is 13.7. The van der Waals surface area contributed by atoms with Crippen molar-refractivity contribution in [3.05, 3.63) is 51.0 Å². The van der Waals surface area contributed by atoms with Crippen molar-refractivity contribution in [1.82, 2.24) is 0 Å². The van der Waals surface area contributed by atoms with Crippen molar-refractivity contribution in [3.63, 3.8) is 0 Å². The molecule has 0 aliphatic rings. The average molecular weight is 348 g/mol. The molecule has 0 aliphatic heterocycles. The fourth-order valence-corrected chi connectivity index (χ4v) is 2.31. The van der Waals surface area contributed by atoms with Gasteiger partial charge in [-0.3, -0.25) is 0 Å². The zero-order valence-electron chi connectivity index (χ0n) is 9.90. The molecule has 6 heteroatoms. The van der Waals surface area contributed by atoms with Crippen molar-refractivity contribution in [1.29, 1.82) is 0 Å². The van der Waals surface area contributed by atoms with Crippen LogP contribution in [0.5, 0.6) is 0 Å². The highest BCUT2D eigenvalue weighted by Crippen LogP contribution is 2.33. The van der Waals surface area contributed by atoms with Gasteiger partial charge in [0.15, 0.2) is 11.6 Å². The fourth-order valence-electron chi connectivity index (χ4n) is 1.59. The van der Waals surface area contributed by atoms with E-state index >= 15 is 0 Å². The van der Waals surface area contributed by atoms with Crippen LogP contribution in [0.4, 0.5) is 25.8 Å². The largest absolute Gasteiger partial charge is 0.399 e. The molecule has 3 N–H and O–H groups in total. The molecule has 0 radical (unpaired) electrons. The molecule has 0 unspecified atom stereocenters. The van der Waals surface area contributed by atoms with Gasteiger partial charge in [-0.1, -0.05) is 11.6 Å². The molecule has 0 spiro atoms. The van der Waals surface area contributed by atoms with Crippen LogP contribution in [0.1, 0.15) is 5.56 Å². The number of nitrogen functional groups attached to an aromatic ring is 1. The average Bonchev–Trinajstić information content (AvgIpc) is 2.29. The minimum Gasteiger partial charge on any atom is -0.399 e. The van der Waals surface area contributed by atoms with Crippen LogP contribution in [-0.2, 0) is 0 Å². The first-order valence-electron chi connectivity index (χ1n) is 5.35. The summed E-state index contributed by atoms with van der Waals surface area (Å²) in [4.78, 5) is 0. The highest BCUT2D eigenvalue weighted by atomic mass is 79.9. The molecule has 0 aliphatic carbocycles. The lowest BCUT2D eigenvalue weighted by molar-refractivity contribution is 0.592. The number of nitrogens with one attached hydrogen (secondary N) is 1. The van der Waals surface area contributed by atoms with E-state index in [-0.39, 0.29) is 11.4 Å². The maximum absolute atomic E-state index is 13.7. The lowest BCUT2D eigenvalue weighted by Gasteiger charge is -2.12. The molecule has 0 saturated carbocycles. The van der Waals surface area contributed by atoms with Crippen molar-refractivity contribution < 1.29 is 8.78 Å². The van der Waals surface area contributed by atoms with Gasteiger partial charge in [0.2, 0.25) is 0 Å². The summed E-state index contributed by atoms with van der Waals surface area (Å²) in [6.07, 6.45) is 0. The van der Waals surface area contributed by atoms with E-state index in [1.165, 1.54) is 0 Å². The Labute approximate surface area is 122 Å². The van der Waals surface area contributed by atoms with Crippen molar-refractivity contribution >= 4 is 44.6 Å². The van der Waals surface area contributed by atoms with E-state index in [1.807, 2.05) is 6.92 Å². The van der Waals surface area contributed by atoms with E-state index in [9.17, 15) is 8.78 Å². The molecular formula is C13H10BrClF2N2. The Morgan fingerprint density at radius 1 is 1.16 bits per heavy atom. The van der Waals surface area contributed by atoms with Gasteiger partial charge in [0.05, 0.1) is 5.69 Å². The monoisotopic (exact) mass is 346 g/mol. The van der Waals surface area contributed by atoms with Crippen LogP contribution in [0.3, 0.4) is 0 Å². The van der Waals surface area contributed by atoms with Gasteiger partial charge in [0.25, 0.3) is 0 Å². The minimum absolute atomic E-state index is 0.0292. The van der Waals surface area contributed by atoms with Gasteiger partial charge in [-0.05, 0) is 52.7 Å². The molecule has 2 aromatic carbocycles. The molecule has 0 bridgehead atoms. The Balaban J connectivity index is 2.45. The lowest BCUT2D eigenvalue weighted by atomic mass is 10.2. The first kappa shape index (κ1) is 14.1. The molecular weight excluding hydrogens is 338 g/mol. The molecule has 2 nitrogen and oxygen atoms in total. The van der Waals surface area contributed by atoms with Crippen LogP contribution >= 0.6 is 27.5 Å². The van der Waals surface area contributed by atoms with Crippen molar-refractivity contribution in [2.45, 2.75) is 6.92 Å². The molecule has 0 aromatic heterocycles. The molecule has 0 saturated heterocycles. The molecule has 0 heterocycles. The molecule has 0 fully saturated rings. The summed E-state index contributed by atoms with van der Waals surface area (Å²) >= 11 is 9.30. The predicted octanol–water partition coefficient (Wildman–Crippen LogP) is 5.01. The second kappa shape index (κ2) is 5.35. The number of anilines is 3. The Hall–Kier alpha value is -1.33. The van der Waals surface area contributed by atoms with Crippen LogP contribution in [0.25, 0.3) is 0 Å². The van der Waals surface area contributed by atoms with E-state index in [4.69, 9.17) is 17.3 Å². The zero-order chi connectivity index (χ0) is 14.2. The highest BCUT2D eigenvalue weighted by molar-refractivity contribution is 9.10. The topological polar surface area (TPSA) is 38.0 Å². The molecule has 2 rings (SSSR count). The zero-order valence-corrected chi connectivity index (χ0v) is 12.2. The van der Waals surface area contributed by atoms with Crippen LogP contribution in [0.2, 0.25) is 5.02 Å². The molecule has 2 aromatic rings. The van der Waals surface area contributed by atoms with E-state index in [0.717, 1.165) is 17.7 Å². The number of aryl methyl sites for hydroxylation is 1. The standard InChI is InChI=1S/C13H10BrClF2N2/c1-6-2-8(14)12(5-9(6)15)19-13-10(16)3-7(18)4-11(13)17/h2-5,19H,18H2,1H3. The van der Waals surface area contributed by atoms with Gasteiger partial charge in [0, 0.05) is 15.2 Å². The maximum Gasteiger partial charge on any atom is 0.151 e. The van der Waals surface area contributed by atoms with E-state index in [0.29, 0.717) is 15.2 Å². The second-order valence-corrected chi connectivity index (χ2v) is 5.33. The Morgan fingerprint density at radius 3 is 2.32 bits per heavy atom. The summed E-state index contributed by atoms with van der Waals surface area (Å²) in [5.41, 5.74) is 6.45. The minimum atomic E-state index is -0.763. The van der Waals surface area contributed by atoms with Crippen LogP contribution in [0, 0.1) is 18.6 Å². The van der Waals surface area contributed by atoms with Crippen LogP contribution in [-0.4, -0.2) is 0 Å². The predicted molar refractivity (Wildman–Crippen MR) is 77.9 cm³/mol. The smallest absolute Gasteiger partial charge is 0.151 e. The number of benzene rings is 2. The summed E-state index contributed by atoms with van der Waals surface area (Å²) in [7, 11) is 0. The Kier molecular flexibility index (Phi) is 3.96. The summed E-state index contributed by atoms with van der Waals surface area (Å²) in [5, 5.41) is 3.17. The quantitative estimate of drug-likeness (QED) is 0.749. The number of nitrogens with two attached hydrogens (primary N) is 1. The SMILES string of the molecule is Cc1cc(Br)c(Nc2c(F)cc(N)cc2F)cc1Cl. The summed E-state index contributed by atoms with van der Waals surface area (Å²) in [6.45, 7) is 1.83. The van der Waals surface area contributed by atoms with Gasteiger partial charge in [0.1, 0.15) is 5.69 Å². The van der Waals surface area contributed by atoms with Crippen LogP contribution < -0.4 is 11.1 Å². The third-order valence-corrected chi connectivity index (χ3v) is 3.64. The number of halogens is 4. The van der Waals surface area contributed by atoms with Gasteiger partial charge in [-0.15, -0.1) is 0 Å². The second-order valence-electron chi connectivity index (χ2n) is 4.07. The molecule has 100 valence electrons. The normalized spacial score (nSPS) is 10.6. The fraction of sp³-hybridized carbons (Fsp3) is 0.0769. The van der Waals surface area contributed by atoms with Gasteiger partial charge < -0.3 is 11.1 Å². The van der Waals surface area contributed by atoms with E-state index in [2.05, 4.69) is 21.2 Å². The third-order valence-electron chi connectivity index (χ3n) is 2.57. The van der Waals surface area contributed by atoms with Gasteiger partial charge >= 0.3 is 0 Å². The van der Waals surface area contributed by atoms with Crippen LogP contribution in [0.15, 0.2) is 28.7 Å². The highest BCUT2D eigenvalue weighted by Gasteiger charge is 2.13. The molecule has 0 amide bonds. The van der Waals surface area contributed by atoms with E-state index in [1.54, 1.807) is 12.1 Å². The number of rotatable bonds is 2. The summed E-state index contributed by atoms with van der Waals surface area (Å²) in [5.74, 6) is -1.53. The van der Waals surface area contributed by atoms with Crippen molar-refractivity contribution in [2.24, 2.45) is 0 Å². The first-order valence-corrected chi connectivity index (χ1v) is 6.52. The summed E-state index contributed by atoms with van der Waals surface area (Å²) < 4.78 is 28.0.